The molecule has 1 unspecified atom stereocenters. The Morgan fingerprint density at radius 1 is 1.44 bits per heavy atom. The van der Waals surface area contributed by atoms with Gasteiger partial charge < -0.3 is 10.4 Å². The molecule has 16 heavy (non-hydrogen) atoms. The van der Waals surface area contributed by atoms with Gasteiger partial charge in [-0.25, -0.2) is 4.79 Å². The molecule has 1 aromatic rings. The Kier molecular flexibility index (Phi) is 3.67. The molecule has 0 heterocycles. The van der Waals surface area contributed by atoms with E-state index in [1.807, 2.05) is 0 Å². The fourth-order valence-corrected chi connectivity index (χ4v) is 1.12. The van der Waals surface area contributed by atoms with Gasteiger partial charge in [-0.15, -0.1) is 6.42 Å². The lowest BCUT2D eigenvalue weighted by Crippen LogP contribution is -2.31. The Bertz CT molecular complexity index is 460. The zero-order valence-corrected chi connectivity index (χ0v) is 8.73. The van der Waals surface area contributed by atoms with Gasteiger partial charge in [0.15, 0.2) is 0 Å². The minimum absolute atomic E-state index is 0.0704. The number of benzene rings is 1. The molecule has 0 spiro atoms. The van der Waals surface area contributed by atoms with Crippen molar-refractivity contribution in [3.8, 4) is 12.3 Å². The van der Waals surface area contributed by atoms with Crippen LogP contribution in [0.2, 0.25) is 0 Å². The Balaban J connectivity index is 2.89. The molecule has 1 rings (SSSR count). The van der Waals surface area contributed by atoms with E-state index in [2.05, 4.69) is 11.2 Å². The summed E-state index contributed by atoms with van der Waals surface area (Å²) in [6, 6.07) is 5.38. The molecule has 1 aromatic carbocycles. The van der Waals surface area contributed by atoms with Crippen LogP contribution >= 0.6 is 0 Å². The monoisotopic (exact) mass is 217 g/mol. The van der Waals surface area contributed by atoms with Crippen molar-refractivity contribution < 1.29 is 14.7 Å². The van der Waals surface area contributed by atoms with E-state index in [0.717, 1.165) is 0 Å². The van der Waals surface area contributed by atoms with Gasteiger partial charge in [-0.3, -0.25) is 4.79 Å². The highest BCUT2D eigenvalue weighted by Gasteiger charge is 2.10. The third kappa shape index (κ3) is 2.85. The Hall–Kier alpha value is -2.28. The molecule has 1 amide bonds. The summed E-state index contributed by atoms with van der Waals surface area (Å²) in [6.07, 6.45) is 5.12. The number of rotatable bonds is 3. The summed E-state index contributed by atoms with van der Waals surface area (Å²) in [6.45, 7) is 1.67. The molecular formula is C12H11NO3. The van der Waals surface area contributed by atoms with Gasteiger partial charge >= 0.3 is 5.97 Å². The summed E-state index contributed by atoms with van der Waals surface area (Å²) < 4.78 is 0. The van der Waals surface area contributed by atoms with E-state index < -0.39 is 5.97 Å². The first-order chi connectivity index (χ1) is 7.54. The van der Waals surface area contributed by atoms with E-state index in [1.54, 1.807) is 6.92 Å². The highest BCUT2D eigenvalue weighted by molar-refractivity contribution is 5.97. The molecule has 4 heteroatoms. The third-order valence-corrected chi connectivity index (χ3v) is 1.97. The van der Waals surface area contributed by atoms with Crippen LogP contribution in [0.4, 0.5) is 0 Å². The van der Waals surface area contributed by atoms with Gasteiger partial charge in [0.25, 0.3) is 5.91 Å². The standard InChI is InChI=1S/C12H11NO3/c1-3-8(2)13-11(14)9-5-4-6-10(7-9)12(15)16/h1,4-8H,2H3,(H,13,14)(H,15,16). The van der Waals surface area contributed by atoms with Crippen molar-refractivity contribution >= 4 is 11.9 Å². The van der Waals surface area contributed by atoms with E-state index in [9.17, 15) is 9.59 Å². The normalized spacial score (nSPS) is 11.2. The SMILES string of the molecule is C#CC(C)NC(=O)c1cccc(C(=O)O)c1. The number of aromatic carboxylic acids is 1. The van der Waals surface area contributed by atoms with E-state index >= 15 is 0 Å². The molecule has 82 valence electrons. The molecule has 0 saturated carbocycles. The Morgan fingerprint density at radius 3 is 2.62 bits per heavy atom. The molecule has 0 aliphatic heterocycles. The Morgan fingerprint density at radius 2 is 2.06 bits per heavy atom. The van der Waals surface area contributed by atoms with Crippen molar-refractivity contribution in [2.45, 2.75) is 13.0 Å². The van der Waals surface area contributed by atoms with Crippen molar-refractivity contribution in [3.05, 3.63) is 35.4 Å². The second-order valence-electron chi connectivity index (χ2n) is 3.25. The summed E-state index contributed by atoms with van der Waals surface area (Å²) in [5.41, 5.74) is 0.350. The topological polar surface area (TPSA) is 66.4 Å². The van der Waals surface area contributed by atoms with Gasteiger partial charge in [0.05, 0.1) is 11.6 Å². The van der Waals surface area contributed by atoms with Crippen LogP contribution < -0.4 is 5.32 Å². The number of amides is 1. The van der Waals surface area contributed by atoms with Crippen LogP contribution in [0.5, 0.6) is 0 Å². The van der Waals surface area contributed by atoms with Crippen LogP contribution in [0, 0.1) is 12.3 Å². The first kappa shape index (κ1) is 11.8. The maximum Gasteiger partial charge on any atom is 0.335 e. The lowest BCUT2D eigenvalue weighted by Gasteiger charge is -2.07. The lowest BCUT2D eigenvalue weighted by molar-refractivity contribution is 0.0697. The molecule has 4 nitrogen and oxygen atoms in total. The van der Waals surface area contributed by atoms with E-state index in [4.69, 9.17) is 11.5 Å². The predicted molar refractivity (Wildman–Crippen MR) is 59.2 cm³/mol. The number of hydrogen-bond acceptors (Lipinski definition) is 2. The highest BCUT2D eigenvalue weighted by atomic mass is 16.4. The van der Waals surface area contributed by atoms with Crippen LogP contribution in [0.25, 0.3) is 0 Å². The van der Waals surface area contributed by atoms with E-state index in [1.165, 1.54) is 24.3 Å². The van der Waals surface area contributed by atoms with Crippen LogP contribution in [0.3, 0.4) is 0 Å². The number of carbonyl (C=O) groups excluding carboxylic acids is 1. The summed E-state index contributed by atoms with van der Waals surface area (Å²) in [5.74, 6) is 0.904. The minimum Gasteiger partial charge on any atom is -0.478 e. The smallest absolute Gasteiger partial charge is 0.335 e. The van der Waals surface area contributed by atoms with Crippen molar-refractivity contribution in [2.24, 2.45) is 0 Å². The number of nitrogens with one attached hydrogen (secondary N) is 1. The average Bonchev–Trinajstić information content (AvgIpc) is 2.28. The first-order valence-corrected chi connectivity index (χ1v) is 4.65. The molecule has 0 aliphatic carbocycles. The zero-order valence-electron chi connectivity index (χ0n) is 8.73. The van der Waals surface area contributed by atoms with Gasteiger partial charge in [-0.05, 0) is 25.1 Å². The molecule has 0 aliphatic rings. The van der Waals surface area contributed by atoms with Crippen LogP contribution in [-0.2, 0) is 0 Å². The van der Waals surface area contributed by atoms with E-state index in [0.29, 0.717) is 0 Å². The van der Waals surface area contributed by atoms with Crippen molar-refractivity contribution in [1.82, 2.24) is 5.32 Å². The zero-order chi connectivity index (χ0) is 12.1. The average molecular weight is 217 g/mol. The molecule has 0 fully saturated rings. The summed E-state index contributed by atoms with van der Waals surface area (Å²) in [7, 11) is 0. The number of hydrogen-bond donors (Lipinski definition) is 2. The van der Waals surface area contributed by atoms with Gasteiger partial charge in [-0.2, -0.15) is 0 Å². The van der Waals surface area contributed by atoms with Crippen LogP contribution in [0.1, 0.15) is 27.6 Å². The van der Waals surface area contributed by atoms with Crippen LogP contribution in [-0.4, -0.2) is 23.0 Å². The summed E-state index contributed by atoms with van der Waals surface area (Å²) in [4.78, 5) is 22.3. The third-order valence-electron chi connectivity index (χ3n) is 1.97. The van der Waals surface area contributed by atoms with Crippen LogP contribution in [0.15, 0.2) is 24.3 Å². The van der Waals surface area contributed by atoms with Gasteiger partial charge in [0.1, 0.15) is 0 Å². The number of carbonyl (C=O) groups is 2. The number of terminal acetylenes is 1. The fourth-order valence-electron chi connectivity index (χ4n) is 1.12. The second-order valence-corrected chi connectivity index (χ2v) is 3.25. The quantitative estimate of drug-likeness (QED) is 0.746. The highest BCUT2D eigenvalue weighted by Crippen LogP contribution is 2.05. The molecule has 0 aromatic heterocycles. The largest absolute Gasteiger partial charge is 0.478 e. The van der Waals surface area contributed by atoms with Gasteiger partial charge in [0, 0.05) is 5.56 Å². The molecule has 0 bridgehead atoms. The Labute approximate surface area is 93.3 Å². The number of carboxylic acids is 1. The molecular weight excluding hydrogens is 206 g/mol. The van der Waals surface area contributed by atoms with Crippen molar-refractivity contribution in [3.63, 3.8) is 0 Å². The maximum atomic E-state index is 11.6. The van der Waals surface area contributed by atoms with Crippen molar-refractivity contribution in [2.75, 3.05) is 0 Å². The minimum atomic E-state index is -1.07. The molecule has 0 radical (unpaired) electrons. The molecule has 0 saturated heterocycles. The maximum absolute atomic E-state index is 11.6. The second kappa shape index (κ2) is 4.99. The first-order valence-electron chi connectivity index (χ1n) is 4.65. The van der Waals surface area contributed by atoms with Gasteiger partial charge in [0.2, 0.25) is 0 Å². The van der Waals surface area contributed by atoms with E-state index in [-0.39, 0.29) is 23.1 Å². The van der Waals surface area contributed by atoms with Crippen molar-refractivity contribution in [1.29, 1.82) is 0 Å². The summed E-state index contributed by atoms with van der Waals surface area (Å²) in [5, 5.41) is 11.3. The number of carboxylic acid groups (broad SMARTS) is 1. The lowest BCUT2D eigenvalue weighted by atomic mass is 10.1. The molecule has 2 N–H and O–H groups in total. The molecule has 1 atom stereocenters. The predicted octanol–water partition coefficient (Wildman–Crippen LogP) is 1.14. The van der Waals surface area contributed by atoms with Gasteiger partial charge in [-0.1, -0.05) is 12.0 Å². The fraction of sp³-hybridized carbons (Fsp3) is 0.167. The summed E-state index contributed by atoms with van der Waals surface area (Å²) >= 11 is 0.